The standard InChI is InChI=1S/C16H32O2/c1-4-6-7-8-11-14(3)12-9-13-15(10-5-2)16(17)18/h14-15H,4-13H2,1-3H3,(H,17,18). The number of carboxylic acids is 1. The molecule has 0 bridgehead atoms. The minimum absolute atomic E-state index is 0.109. The fraction of sp³-hybridized carbons (Fsp3) is 0.938. The highest BCUT2D eigenvalue weighted by Gasteiger charge is 2.16. The highest BCUT2D eigenvalue weighted by Crippen LogP contribution is 2.20. The molecule has 0 aromatic rings. The van der Waals surface area contributed by atoms with E-state index in [0.29, 0.717) is 0 Å². The van der Waals surface area contributed by atoms with Crippen LogP contribution in [0, 0.1) is 11.8 Å². The topological polar surface area (TPSA) is 37.3 Å². The summed E-state index contributed by atoms with van der Waals surface area (Å²) in [5.74, 6) is 0.0488. The maximum Gasteiger partial charge on any atom is 0.306 e. The third kappa shape index (κ3) is 9.49. The van der Waals surface area contributed by atoms with Crippen molar-refractivity contribution in [2.45, 2.75) is 85.0 Å². The van der Waals surface area contributed by atoms with Crippen molar-refractivity contribution in [1.82, 2.24) is 0 Å². The highest BCUT2D eigenvalue weighted by atomic mass is 16.4. The molecule has 0 aliphatic carbocycles. The molecular formula is C16H32O2. The van der Waals surface area contributed by atoms with Crippen LogP contribution in [0.2, 0.25) is 0 Å². The van der Waals surface area contributed by atoms with Gasteiger partial charge in [0.1, 0.15) is 0 Å². The van der Waals surface area contributed by atoms with E-state index < -0.39 is 5.97 Å². The van der Waals surface area contributed by atoms with Crippen LogP contribution in [0.1, 0.15) is 85.0 Å². The Morgan fingerprint density at radius 2 is 1.56 bits per heavy atom. The van der Waals surface area contributed by atoms with Gasteiger partial charge in [0.2, 0.25) is 0 Å². The van der Waals surface area contributed by atoms with Gasteiger partial charge in [-0.25, -0.2) is 0 Å². The highest BCUT2D eigenvalue weighted by molar-refractivity contribution is 5.69. The normalized spacial score (nSPS) is 14.4. The zero-order chi connectivity index (χ0) is 13.8. The molecule has 2 heteroatoms. The molecule has 108 valence electrons. The van der Waals surface area contributed by atoms with Crippen molar-refractivity contribution in [3.63, 3.8) is 0 Å². The van der Waals surface area contributed by atoms with Crippen LogP contribution in [-0.2, 0) is 4.79 Å². The molecule has 0 saturated heterocycles. The number of carbonyl (C=O) groups is 1. The van der Waals surface area contributed by atoms with E-state index in [2.05, 4.69) is 20.8 Å². The zero-order valence-electron chi connectivity index (χ0n) is 12.6. The maximum absolute atomic E-state index is 11.0. The van der Waals surface area contributed by atoms with E-state index >= 15 is 0 Å². The minimum atomic E-state index is -0.604. The van der Waals surface area contributed by atoms with E-state index in [4.69, 9.17) is 5.11 Å². The summed E-state index contributed by atoms with van der Waals surface area (Å²) in [6, 6.07) is 0. The van der Waals surface area contributed by atoms with Crippen molar-refractivity contribution in [3.8, 4) is 0 Å². The van der Waals surface area contributed by atoms with E-state index in [0.717, 1.165) is 31.6 Å². The number of hydrogen-bond donors (Lipinski definition) is 1. The molecule has 0 aromatic heterocycles. The van der Waals surface area contributed by atoms with Crippen molar-refractivity contribution < 1.29 is 9.90 Å². The Kier molecular flexibility index (Phi) is 11.2. The van der Waals surface area contributed by atoms with Gasteiger partial charge in [0.25, 0.3) is 0 Å². The lowest BCUT2D eigenvalue weighted by molar-refractivity contribution is -0.142. The smallest absolute Gasteiger partial charge is 0.306 e. The predicted molar refractivity (Wildman–Crippen MR) is 77.8 cm³/mol. The van der Waals surface area contributed by atoms with Crippen LogP contribution in [0.25, 0.3) is 0 Å². The van der Waals surface area contributed by atoms with E-state index in [1.807, 2.05) is 0 Å². The van der Waals surface area contributed by atoms with Crippen molar-refractivity contribution >= 4 is 5.97 Å². The van der Waals surface area contributed by atoms with Gasteiger partial charge in [-0.05, 0) is 18.8 Å². The van der Waals surface area contributed by atoms with Crippen LogP contribution >= 0.6 is 0 Å². The molecule has 0 fully saturated rings. The molecule has 0 radical (unpaired) electrons. The van der Waals surface area contributed by atoms with Gasteiger partial charge in [-0.15, -0.1) is 0 Å². The first-order chi connectivity index (χ1) is 8.61. The van der Waals surface area contributed by atoms with E-state index in [-0.39, 0.29) is 5.92 Å². The Labute approximate surface area is 113 Å². The monoisotopic (exact) mass is 256 g/mol. The van der Waals surface area contributed by atoms with E-state index in [1.165, 1.54) is 38.5 Å². The van der Waals surface area contributed by atoms with E-state index in [9.17, 15) is 4.79 Å². The average molecular weight is 256 g/mol. The predicted octanol–water partition coefficient (Wildman–Crippen LogP) is 5.26. The molecule has 0 spiro atoms. The van der Waals surface area contributed by atoms with Crippen LogP contribution in [0.5, 0.6) is 0 Å². The fourth-order valence-corrected chi connectivity index (χ4v) is 2.52. The molecule has 0 amide bonds. The van der Waals surface area contributed by atoms with Crippen LogP contribution in [0.3, 0.4) is 0 Å². The fourth-order valence-electron chi connectivity index (χ4n) is 2.52. The van der Waals surface area contributed by atoms with Crippen LogP contribution in [0.4, 0.5) is 0 Å². The molecule has 0 aromatic carbocycles. The second kappa shape index (κ2) is 11.6. The summed E-state index contributed by atoms with van der Waals surface area (Å²) in [7, 11) is 0. The third-order valence-corrected chi connectivity index (χ3v) is 3.79. The Morgan fingerprint density at radius 3 is 2.11 bits per heavy atom. The van der Waals surface area contributed by atoms with Crippen LogP contribution in [0.15, 0.2) is 0 Å². The number of carboxylic acid groups (broad SMARTS) is 1. The first kappa shape index (κ1) is 17.5. The third-order valence-electron chi connectivity index (χ3n) is 3.79. The second-order valence-electron chi connectivity index (χ2n) is 5.71. The summed E-state index contributed by atoms with van der Waals surface area (Å²) in [6.45, 7) is 6.61. The number of hydrogen-bond acceptors (Lipinski definition) is 1. The molecule has 0 aliphatic rings. The quantitative estimate of drug-likeness (QED) is 0.483. The summed E-state index contributed by atoms with van der Waals surface area (Å²) in [6.07, 6.45) is 11.6. The zero-order valence-corrected chi connectivity index (χ0v) is 12.6. The lowest BCUT2D eigenvalue weighted by Crippen LogP contribution is -2.13. The molecule has 2 atom stereocenters. The van der Waals surface area contributed by atoms with Gasteiger partial charge in [0.15, 0.2) is 0 Å². The molecular weight excluding hydrogens is 224 g/mol. The maximum atomic E-state index is 11.0. The SMILES string of the molecule is CCCCCCC(C)CCCC(CCC)C(=O)O. The van der Waals surface area contributed by atoms with Crippen LogP contribution < -0.4 is 0 Å². The molecule has 0 rings (SSSR count). The molecule has 2 nitrogen and oxygen atoms in total. The summed E-state index contributed by atoms with van der Waals surface area (Å²) in [5.41, 5.74) is 0. The van der Waals surface area contributed by atoms with Crippen molar-refractivity contribution in [2.24, 2.45) is 11.8 Å². The average Bonchev–Trinajstić information content (AvgIpc) is 2.33. The van der Waals surface area contributed by atoms with Gasteiger partial charge in [-0.1, -0.05) is 72.1 Å². The largest absolute Gasteiger partial charge is 0.481 e. The van der Waals surface area contributed by atoms with Crippen LogP contribution in [-0.4, -0.2) is 11.1 Å². The van der Waals surface area contributed by atoms with Gasteiger partial charge < -0.3 is 5.11 Å². The Morgan fingerprint density at radius 1 is 0.889 bits per heavy atom. The second-order valence-corrected chi connectivity index (χ2v) is 5.71. The van der Waals surface area contributed by atoms with Gasteiger partial charge in [-0.3, -0.25) is 4.79 Å². The molecule has 1 N–H and O–H groups in total. The minimum Gasteiger partial charge on any atom is -0.481 e. The lowest BCUT2D eigenvalue weighted by Gasteiger charge is -2.14. The van der Waals surface area contributed by atoms with Gasteiger partial charge >= 0.3 is 5.97 Å². The Hall–Kier alpha value is -0.530. The first-order valence-electron chi connectivity index (χ1n) is 7.84. The van der Waals surface area contributed by atoms with Crippen molar-refractivity contribution in [2.75, 3.05) is 0 Å². The number of rotatable bonds is 12. The summed E-state index contributed by atoms with van der Waals surface area (Å²) < 4.78 is 0. The van der Waals surface area contributed by atoms with Crippen molar-refractivity contribution in [1.29, 1.82) is 0 Å². The molecule has 2 unspecified atom stereocenters. The Bertz CT molecular complexity index is 201. The summed E-state index contributed by atoms with van der Waals surface area (Å²) >= 11 is 0. The van der Waals surface area contributed by atoms with Crippen molar-refractivity contribution in [3.05, 3.63) is 0 Å². The first-order valence-corrected chi connectivity index (χ1v) is 7.84. The number of unbranched alkanes of at least 4 members (excludes halogenated alkanes) is 3. The number of aliphatic carboxylic acids is 1. The van der Waals surface area contributed by atoms with Gasteiger partial charge in [0, 0.05) is 0 Å². The van der Waals surface area contributed by atoms with E-state index in [1.54, 1.807) is 0 Å². The van der Waals surface area contributed by atoms with Gasteiger partial charge in [-0.2, -0.15) is 0 Å². The Balaban J connectivity index is 3.58. The lowest BCUT2D eigenvalue weighted by atomic mass is 9.92. The van der Waals surface area contributed by atoms with Gasteiger partial charge in [0.05, 0.1) is 5.92 Å². The molecule has 0 heterocycles. The molecule has 0 saturated carbocycles. The summed E-state index contributed by atoms with van der Waals surface area (Å²) in [5, 5.41) is 9.07. The molecule has 18 heavy (non-hydrogen) atoms. The molecule has 0 aliphatic heterocycles. The summed E-state index contributed by atoms with van der Waals surface area (Å²) in [4.78, 5) is 11.0.